The summed E-state index contributed by atoms with van der Waals surface area (Å²) >= 11 is 0. The van der Waals surface area contributed by atoms with Gasteiger partial charge in [0.15, 0.2) is 0 Å². The second-order valence-corrected chi connectivity index (χ2v) is 5.52. The third-order valence-electron chi connectivity index (χ3n) is 2.32. The first-order chi connectivity index (χ1) is 8.02. The van der Waals surface area contributed by atoms with E-state index in [0.717, 1.165) is 5.56 Å². The van der Waals surface area contributed by atoms with Crippen LogP contribution in [0.15, 0.2) is 24.3 Å². The fourth-order valence-electron chi connectivity index (χ4n) is 1.39. The molecule has 1 aromatic rings. The largest absolute Gasteiger partial charge is 0.330 e. The Morgan fingerprint density at radius 1 is 1.53 bits per heavy atom. The van der Waals surface area contributed by atoms with E-state index in [2.05, 4.69) is 0 Å². The monoisotopic (exact) mass is 256 g/mol. The van der Waals surface area contributed by atoms with Gasteiger partial charge in [0.2, 0.25) is 0 Å². The molecule has 1 rings (SSSR count). The van der Waals surface area contributed by atoms with Gasteiger partial charge in [-0.05, 0) is 18.0 Å². The van der Waals surface area contributed by atoms with Crippen LogP contribution in [0.1, 0.15) is 12.5 Å². The third-order valence-corrected chi connectivity index (χ3v) is 3.92. The molecule has 0 saturated heterocycles. The first kappa shape index (κ1) is 13.8. The van der Waals surface area contributed by atoms with E-state index in [4.69, 9.17) is 5.73 Å². The molecule has 1 aromatic carbocycles. The van der Waals surface area contributed by atoms with Crippen LogP contribution in [0.2, 0.25) is 0 Å². The summed E-state index contributed by atoms with van der Waals surface area (Å²) in [5.74, 6) is 1.07. The van der Waals surface area contributed by atoms with Crippen molar-refractivity contribution in [2.24, 2.45) is 11.7 Å². The zero-order valence-electron chi connectivity index (χ0n) is 9.67. The van der Waals surface area contributed by atoms with Crippen LogP contribution in [0, 0.1) is 16.0 Å². The van der Waals surface area contributed by atoms with Crippen molar-refractivity contribution < 1.29 is 9.13 Å². The lowest BCUT2D eigenvalue weighted by atomic mass is 10.2. The molecule has 2 N–H and O–H groups in total. The summed E-state index contributed by atoms with van der Waals surface area (Å²) in [7, 11) is -1.03. The molecule has 0 aromatic heterocycles. The van der Waals surface area contributed by atoms with Crippen molar-refractivity contribution in [3.05, 3.63) is 39.9 Å². The fraction of sp³-hybridized carbons (Fsp3) is 0.455. The van der Waals surface area contributed by atoms with Gasteiger partial charge >= 0.3 is 0 Å². The summed E-state index contributed by atoms with van der Waals surface area (Å²) in [4.78, 5) is 10.1. The molecule has 6 heteroatoms. The van der Waals surface area contributed by atoms with Crippen LogP contribution in [-0.4, -0.2) is 21.4 Å². The van der Waals surface area contributed by atoms with E-state index >= 15 is 0 Å². The van der Waals surface area contributed by atoms with Gasteiger partial charge in [-0.2, -0.15) is 0 Å². The van der Waals surface area contributed by atoms with Crippen molar-refractivity contribution in [2.45, 2.75) is 12.7 Å². The Bertz CT molecular complexity index is 423. The van der Waals surface area contributed by atoms with Crippen LogP contribution in [0.4, 0.5) is 5.69 Å². The number of nitrogens with zero attached hydrogens (tertiary/aromatic N) is 1. The highest BCUT2D eigenvalue weighted by Gasteiger charge is 2.10. The summed E-state index contributed by atoms with van der Waals surface area (Å²) in [6, 6.07) is 6.25. The Morgan fingerprint density at radius 3 is 2.82 bits per heavy atom. The molecule has 2 unspecified atom stereocenters. The van der Waals surface area contributed by atoms with Gasteiger partial charge in [0.25, 0.3) is 5.69 Å². The number of hydrogen-bond donors (Lipinski definition) is 1. The first-order valence-electron chi connectivity index (χ1n) is 5.31. The average Bonchev–Trinajstić information content (AvgIpc) is 2.28. The molecule has 2 atom stereocenters. The number of rotatable bonds is 6. The highest BCUT2D eigenvalue weighted by atomic mass is 32.2. The van der Waals surface area contributed by atoms with Crippen molar-refractivity contribution in [2.75, 3.05) is 12.3 Å². The zero-order valence-corrected chi connectivity index (χ0v) is 10.5. The van der Waals surface area contributed by atoms with Crippen molar-refractivity contribution >= 4 is 16.5 Å². The second-order valence-electron chi connectivity index (χ2n) is 4.02. The fourth-order valence-corrected chi connectivity index (χ4v) is 2.83. The molecule has 17 heavy (non-hydrogen) atoms. The smallest absolute Gasteiger partial charge is 0.269 e. The van der Waals surface area contributed by atoms with E-state index in [1.165, 1.54) is 12.1 Å². The predicted octanol–water partition coefficient (Wildman–Crippen LogP) is 1.44. The van der Waals surface area contributed by atoms with Crippen molar-refractivity contribution in [1.29, 1.82) is 0 Å². The quantitative estimate of drug-likeness (QED) is 0.616. The van der Waals surface area contributed by atoms with Crippen LogP contribution in [0.25, 0.3) is 0 Å². The maximum Gasteiger partial charge on any atom is 0.269 e. The van der Waals surface area contributed by atoms with Crippen molar-refractivity contribution in [1.82, 2.24) is 0 Å². The van der Waals surface area contributed by atoms with Crippen LogP contribution >= 0.6 is 0 Å². The maximum absolute atomic E-state index is 11.7. The Kier molecular flexibility index (Phi) is 5.24. The first-order valence-corrected chi connectivity index (χ1v) is 6.80. The lowest BCUT2D eigenvalue weighted by Gasteiger charge is -2.07. The standard InChI is InChI=1S/C11H16N2O3S/c1-9(6-12)7-17(16)8-10-3-2-4-11(5-10)13(14)15/h2-5,9H,6-8,12H2,1H3. The molecule has 5 nitrogen and oxygen atoms in total. The minimum atomic E-state index is -1.03. The minimum absolute atomic E-state index is 0.0337. The summed E-state index contributed by atoms with van der Waals surface area (Å²) in [5.41, 5.74) is 6.21. The lowest BCUT2D eigenvalue weighted by Crippen LogP contribution is -2.18. The number of nitrogens with two attached hydrogens (primary N) is 1. The molecule has 0 radical (unpaired) electrons. The van der Waals surface area contributed by atoms with E-state index in [-0.39, 0.29) is 11.6 Å². The molecule has 0 amide bonds. The Labute approximate surface area is 103 Å². The molecule has 0 aliphatic heterocycles. The molecule has 0 fully saturated rings. The van der Waals surface area contributed by atoms with E-state index in [0.29, 0.717) is 18.1 Å². The number of hydrogen-bond acceptors (Lipinski definition) is 4. The van der Waals surface area contributed by atoms with Gasteiger partial charge in [0.05, 0.1) is 4.92 Å². The van der Waals surface area contributed by atoms with Gasteiger partial charge in [0.1, 0.15) is 0 Å². The van der Waals surface area contributed by atoms with Gasteiger partial charge in [-0.25, -0.2) is 0 Å². The molecule has 0 spiro atoms. The summed E-state index contributed by atoms with van der Waals surface area (Å²) in [6.07, 6.45) is 0. The Balaban J connectivity index is 2.65. The summed E-state index contributed by atoms with van der Waals surface area (Å²) < 4.78 is 11.7. The lowest BCUT2D eigenvalue weighted by molar-refractivity contribution is -0.384. The van der Waals surface area contributed by atoms with Gasteiger partial charge in [0, 0.05) is 34.4 Å². The van der Waals surface area contributed by atoms with Gasteiger partial charge < -0.3 is 5.73 Å². The van der Waals surface area contributed by atoms with Crippen LogP contribution < -0.4 is 5.73 Å². The molecule has 0 aliphatic rings. The van der Waals surface area contributed by atoms with Crippen molar-refractivity contribution in [3.8, 4) is 0 Å². The topological polar surface area (TPSA) is 86.2 Å². The van der Waals surface area contributed by atoms with E-state index in [1.807, 2.05) is 6.92 Å². The van der Waals surface area contributed by atoms with Crippen LogP contribution in [0.3, 0.4) is 0 Å². The highest BCUT2D eigenvalue weighted by molar-refractivity contribution is 7.84. The van der Waals surface area contributed by atoms with Crippen molar-refractivity contribution in [3.63, 3.8) is 0 Å². The predicted molar refractivity (Wildman–Crippen MR) is 68.0 cm³/mol. The Morgan fingerprint density at radius 2 is 2.24 bits per heavy atom. The number of nitro benzene ring substituents is 1. The normalized spacial score (nSPS) is 14.2. The van der Waals surface area contributed by atoms with Crippen LogP contribution in [-0.2, 0) is 16.6 Å². The number of benzene rings is 1. The van der Waals surface area contributed by atoms with Gasteiger partial charge in [-0.15, -0.1) is 0 Å². The van der Waals surface area contributed by atoms with Gasteiger partial charge in [-0.3, -0.25) is 14.3 Å². The van der Waals surface area contributed by atoms with E-state index < -0.39 is 15.7 Å². The number of non-ortho nitro benzene ring substituents is 1. The van der Waals surface area contributed by atoms with Crippen LogP contribution in [0.5, 0.6) is 0 Å². The van der Waals surface area contributed by atoms with Gasteiger partial charge in [-0.1, -0.05) is 19.1 Å². The number of nitro groups is 1. The molecule has 0 aliphatic carbocycles. The highest BCUT2D eigenvalue weighted by Crippen LogP contribution is 2.15. The molecule has 0 bridgehead atoms. The SMILES string of the molecule is CC(CN)CS(=O)Cc1cccc([N+](=O)[O-])c1. The van der Waals surface area contributed by atoms with E-state index in [1.54, 1.807) is 12.1 Å². The minimum Gasteiger partial charge on any atom is -0.330 e. The third kappa shape index (κ3) is 4.62. The maximum atomic E-state index is 11.7. The second kappa shape index (κ2) is 6.46. The van der Waals surface area contributed by atoms with E-state index in [9.17, 15) is 14.3 Å². The zero-order chi connectivity index (χ0) is 12.8. The Hall–Kier alpha value is -1.27. The summed E-state index contributed by atoms with van der Waals surface area (Å²) in [6.45, 7) is 2.44. The molecule has 94 valence electrons. The average molecular weight is 256 g/mol. The molecular weight excluding hydrogens is 240 g/mol. The molecular formula is C11H16N2O3S. The molecule has 0 saturated carbocycles. The molecule has 0 heterocycles. The summed E-state index contributed by atoms with van der Waals surface area (Å²) in [5, 5.41) is 10.6.